The Labute approximate surface area is 90.9 Å². The normalized spacial score (nSPS) is 12.8. The van der Waals surface area contributed by atoms with Crippen LogP contribution in [0.15, 0.2) is 28.8 Å². The van der Waals surface area contributed by atoms with Crippen molar-refractivity contribution in [2.45, 2.75) is 13.0 Å². The number of nitrogens with two attached hydrogens (primary N) is 1. The topological polar surface area (TPSA) is 52.0 Å². The summed E-state index contributed by atoms with van der Waals surface area (Å²) in [5.41, 5.74) is 6.08. The molecule has 0 aliphatic carbocycles. The molecule has 2 rings (SSSR count). The molecule has 0 bridgehead atoms. The average molecular weight is 224 g/mol. The summed E-state index contributed by atoms with van der Waals surface area (Å²) in [6.07, 6.45) is 0. The van der Waals surface area contributed by atoms with Crippen LogP contribution in [0, 0.1) is 11.6 Å². The second-order valence-corrected chi connectivity index (χ2v) is 3.53. The highest BCUT2D eigenvalue weighted by Crippen LogP contribution is 2.24. The lowest BCUT2D eigenvalue weighted by molar-refractivity contribution is 0.369. The van der Waals surface area contributed by atoms with Gasteiger partial charge in [-0.3, -0.25) is 0 Å². The van der Waals surface area contributed by atoms with Crippen LogP contribution in [0.5, 0.6) is 0 Å². The van der Waals surface area contributed by atoms with Crippen LogP contribution in [0.3, 0.4) is 0 Å². The first-order valence-corrected chi connectivity index (χ1v) is 4.75. The van der Waals surface area contributed by atoms with Gasteiger partial charge >= 0.3 is 0 Å². The molecule has 16 heavy (non-hydrogen) atoms. The number of rotatable bonds is 2. The summed E-state index contributed by atoms with van der Waals surface area (Å²) in [5.74, 6) is -0.847. The molecule has 2 aromatic rings. The van der Waals surface area contributed by atoms with Crippen LogP contribution in [-0.2, 0) is 0 Å². The fourth-order valence-electron chi connectivity index (χ4n) is 1.33. The van der Waals surface area contributed by atoms with Gasteiger partial charge in [0.1, 0.15) is 17.3 Å². The van der Waals surface area contributed by atoms with Crippen LogP contribution in [0.4, 0.5) is 8.78 Å². The summed E-state index contributed by atoms with van der Waals surface area (Å²) < 4.78 is 31.0. The quantitative estimate of drug-likeness (QED) is 0.853. The van der Waals surface area contributed by atoms with Crippen LogP contribution in [0.2, 0.25) is 0 Å². The molecule has 0 spiro atoms. The molecule has 5 heteroatoms. The van der Waals surface area contributed by atoms with Crippen LogP contribution in [0.1, 0.15) is 18.7 Å². The molecule has 1 aromatic heterocycles. The molecule has 0 amide bonds. The molecule has 1 unspecified atom stereocenters. The molecule has 2 N–H and O–H groups in total. The first-order chi connectivity index (χ1) is 7.58. The summed E-state index contributed by atoms with van der Waals surface area (Å²) in [6.45, 7) is 1.73. The molecular formula is C11H10F2N2O. The third-order valence-corrected chi connectivity index (χ3v) is 2.18. The Bertz CT molecular complexity index is 508. The Hall–Kier alpha value is -1.75. The maximum Gasteiger partial charge on any atom is 0.153 e. The number of hydrogen-bond donors (Lipinski definition) is 1. The van der Waals surface area contributed by atoms with E-state index in [-0.39, 0.29) is 11.6 Å². The number of nitrogens with zero attached hydrogens (tertiary/aromatic N) is 1. The Morgan fingerprint density at radius 3 is 2.62 bits per heavy atom. The van der Waals surface area contributed by atoms with Crippen molar-refractivity contribution in [3.63, 3.8) is 0 Å². The zero-order chi connectivity index (χ0) is 11.7. The van der Waals surface area contributed by atoms with Crippen molar-refractivity contribution in [3.05, 3.63) is 41.7 Å². The first-order valence-electron chi connectivity index (χ1n) is 4.75. The minimum Gasteiger partial charge on any atom is -0.359 e. The largest absolute Gasteiger partial charge is 0.359 e. The first kappa shape index (κ1) is 10.8. The molecule has 3 nitrogen and oxygen atoms in total. The lowest BCUT2D eigenvalue weighted by Crippen LogP contribution is -2.02. The standard InChI is InChI=1S/C11H10F2N2O/c1-6(14)11-5-10(15-16-11)8-3-2-7(12)4-9(8)13/h2-6H,14H2,1H3. The molecule has 0 saturated carbocycles. The van der Waals surface area contributed by atoms with Crippen molar-refractivity contribution >= 4 is 0 Å². The van der Waals surface area contributed by atoms with Gasteiger partial charge in [0.15, 0.2) is 5.76 Å². The molecule has 0 saturated heterocycles. The van der Waals surface area contributed by atoms with E-state index in [1.165, 1.54) is 12.1 Å². The van der Waals surface area contributed by atoms with E-state index in [2.05, 4.69) is 5.16 Å². The van der Waals surface area contributed by atoms with Crippen LogP contribution in [0.25, 0.3) is 11.3 Å². The molecule has 1 atom stereocenters. The fraction of sp³-hybridized carbons (Fsp3) is 0.182. The van der Waals surface area contributed by atoms with Gasteiger partial charge in [-0.1, -0.05) is 5.16 Å². The number of benzene rings is 1. The Kier molecular flexibility index (Phi) is 2.70. The Morgan fingerprint density at radius 2 is 2.06 bits per heavy atom. The summed E-state index contributed by atoms with van der Waals surface area (Å²) in [5, 5.41) is 3.68. The van der Waals surface area contributed by atoms with E-state index in [4.69, 9.17) is 10.3 Å². The lowest BCUT2D eigenvalue weighted by atomic mass is 10.1. The average Bonchev–Trinajstić information content (AvgIpc) is 2.66. The highest BCUT2D eigenvalue weighted by molar-refractivity contribution is 5.59. The summed E-state index contributed by atoms with van der Waals surface area (Å²) in [6, 6.07) is 4.51. The molecular weight excluding hydrogens is 214 g/mol. The minimum absolute atomic E-state index is 0.192. The van der Waals surface area contributed by atoms with Crippen molar-refractivity contribution in [3.8, 4) is 11.3 Å². The van der Waals surface area contributed by atoms with E-state index >= 15 is 0 Å². The molecule has 0 aliphatic rings. The maximum absolute atomic E-state index is 13.4. The Balaban J connectivity index is 2.42. The van der Waals surface area contributed by atoms with E-state index in [9.17, 15) is 8.78 Å². The van der Waals surface area contributed by atoms with Gasteiger partial charge in [-0.2, -0.15) is 0 Å². The predicted molar refractivity (Wildman–Crippen MR) is 54.5 cm³/mol. The molecule has 0 radical (unpaired) electrons. The highest BCUT2D eigenvalue weighted by atomic mass is 19.1. The predicted octanol–water partition coefficient (Wildman–Crippen LogP) is 2.64. The molecule has 1 aromatic carbocycles. The lowest BCUT2D eigenvalue weighted by Gasteiger charge is -1.97. The van der Waals surface area contributed by atoms with Crippen molar-refractivity contribution in [2.24, 2.45) is 5.73 Å². The highest BCUT2D eigenvalue weighted by Gasteiger charge is 2.13. The smallest absolute Gasteiger partial charge is 0.153 e. The third-order valence-electron chi connectivity index (χ3n) is 2.18. The van der Waals surface area contributed by atoms with Gasteiger partial charge in [0.05, 0.1) is 6.04 Å². The second-order valence-electron chi connectivity index (χ2n) is 3.53. The van der Waals surface area contributed by atoms with Crippen molar-refractivity contribution in [1.82, 2.24) is 5.16 Å². The molecule has 0 fully saturated rings. The van der Waals surface area contributed by atoms with Gasteiger partial charge in [0.2, 0.25) is 0 Å². The maximum atomic E-state index is 13.4. The van der Waals surface area contributed by atoms with Crippen molar-refractivity contribution in [1.29, 1.82) is 0 Å². The molecule has 84 valence electrons. The van der Waals surface area contributed by atoms with E-state index < -0.39 is 11.6 Å². The van der Waals surface area contributed by atoms with Gasteiger partial charge in [0, 0.05) is 17.7 Å². The number of aromatic nitrogens is 1. The molecule has 0 aliphatic heterocycles. The van der Waals surface area contributed by atoms with Crippen LogP contribution in [-0.4, -0.2) is 5.16 Å². The number of halogens is 2. The second kappa shape index (κ2) is 4.02. The summed E-state index contributed by atoms with van der Waals surface area (Å²) >= 11 is 0. The van der Waals surface area contributed by atoms with Gasteiger partial charge in [-0.25, -0.2) is 8.78 Å². The molecule has 1 heterocycles. The van der Waals surface area contributed by atoms with Crippen LogP contribution < -0.4 is 5.73 Å². The summed E-state index contributed by atoms with van der Waals surface area (Å²) in [7, 11) is 0. The zero-order valence-corrected chi connectivity index (χ0v) is 8.58. The van der Waals surface area contributed by atoms with E-state index in [1.807, 2.05) is 0 Å². The minimum atomic E-state index is -0.676. The SMILES string of the molecule is CC(N)c1cc(-c2ccc(F)cc2F)no1. The third kappa shape index (κ3) is 1.94. The van der Waals surface area contributed by atoms with Gasteiger partial charge < -0.3 is 10.3 Å². The Morgan fingerprint density at radius 1 is 1.31 bits per heavy atom. The van der Waals surface area contributed by atoms with Crippen molar-refractivity contribution < 1.29 is 13.3 Å². The van der Waals surface area contributed by atoms with E-state index in [0.29, 0.717) is 11.5 Å². The van der Waals surface area contributed by atoms with Gasteiger partial charge in [-0.05, 0) is 19.1 Å². The van der Waals surface area contributed by atoms with Gasteiger partial charge in [-0.15, -0.1) is 0 Å². The van der Waals surface area contributed by atoms with E-state index in [1.54, 1.807) is 13.0 Å². The van der Waals surface area contributed by atoms with E-state index in [0.717, 1.165) is 6.07 Å². The fourth-order valence-corrected chi connectivity index (χ4v) is 1.33. The summed E-state index contributed by atoms with van der Waals surface area (Å²) in [4.78, 5) is 0. The van der Waals surface area contributed by atoms with Crippen LogP contribution >= 0.6 is 0 Å². The van der Waals surface area contributed by atoms with Crippen molar-refractivity contribution in [2.75, 3.05) is 0 Å². The number of hydrogen-bond acceptors (Lipinski definition) is 3. The zero-order valence-electron chi connectivity index (χ0n) is 8.58. The van der Waals surface area contributed by atoms with Gasteiger partial charge in [0.25, 0.3) is 0 Å². The monoisotopic (exact) mass is 224 g/mol.